The van der Waals surface area contributed by atoms with Crippen molar-refractivity contribution in [1.82, 2.24) is 14.8 Å². The number of carbonyl (C=O) groups excluding carboxylic acids is 1. The van der Waals surface area contributed by atoms with Crippen LogP contribution in [-0.2, 0) is 9.59 Å². The number of halogens is 1. The van der Waals surface area contributed by atoms with Crippen LogP contribution in [-0.4, -0.2) is 31.7 Å². The van der Waals surface area contributed by atoms with Crippen LogP contribution in [0.15, 0.2) is 60.7 Å². The minimum atomic E-state index is -0.931. The maximum Gasteiger partial charge on any atom is 0.303 e. The second kappa shape index (κ2) is 9.01. The molecule has 1 aliphatic heterocycles. The molecule has 3 aromatic rings. The number of hydrogen-bond acceptors (Lipinski definition) is 5. The first-order valence-corrected chi connectivity index (χ1v) is 10.2. The van der Waals surface area contributed by atoms with E-state index in [-0.39, 0.29) is 37.2 Å². The van der Waals surface area contributed by atoms with Crippen LogP contribution in [0.25, 0.3) is 5.70 Å². The van der Waals surface area contributed by atoms with Crippen LogP contribution >= 0.6 is 11.6 Å². The van der Waals surface area contributed by atoms with Crippen molar-refractivity contribution < 1.29 is 14.7 Å². The maximum atomic E-state index is 12.1. The molecule has 2 aromatic carbocycles. The lowest BCUT2D eigenvalue weighted by atomic mass is 10.0. The fourth-order valence-corrected chi connectivity index (χ4v) is 3.44. The number of nitrogens with one attached hydrogen (secondary N) is 2. The number of rotatable bonds is 7. The molecular weight excluding hydrogens is 418 g/mol. The molecule has 8 nitrogen and oxygen atoms in total. The van der Waals surface area contributed by atoms with Gasteiger partial charge in [0.15, 0.2) is 0 Å². The van der Waals surface area contributed by atoms with Gasteiger partial charge in [-0.3, -0.25) is 14.9 Å². The Balaban J connectivity index is 1.60. The van der Waals surface area contributed by atoms with Crippen LogP contribution in [0.5, 0.6) is 0 Å². The lowest BCUT2D eigenvalue weighted by Crippen LogP contribution is -2.20. The third-order valence-corrected chi connectivity index (χ3v) is 5.06. The smallest absolute Gasteiger partial charge is 0.303 e. The minimum absolute atomic E-state index is 0.0629. The summed E-state index contributed by atoms with van der Waals surface area (Å²) in [5.41, 5.74) is 2.81. The fourth-order valence-electron chi connectivity index (χ4n) is 3.32. The molecule has 9 heteroatoms. The Bertz CT molecular complexity index is 1130. The van der Waals surface area contributed by atoms with Gasteiger partial charge in [0.25, 0.3) is 5.95 Å². The third-order valence-electron chi connectivity index (χ3n) is 4.81. The summed E-state index contributed by atoms with van der Waals surface area (Å²) in [5.74, 6) is -0.609. The van der Waals surface area contributed by atoms with Gasteiger partial charge in [0.05, 0.1) is 0 Å². The van der Waals surface area contributed by atoms with Gasteiger partial charge in [-0.2, -0.15) is 4.98 Å². The van der Waals surface area contributed by atoms with Crippen LogP contribution in [0.1, 0.15) is 36.4 Å². The maximum absolute atomic E-state index is 12.1. The van der Waals surface area contributed by atoms with E-state index in [9.17, 15) is 9.59 Å². The predicted octanol–water partition coefficient (Wildman–Crippen LogP) is 4.18. The number of amides is 1. The molecule has 31 heavy (non-hydrogen) atoms. The van der Waals surface area contributed by atoms with E-state index >= 15 is 0 Å². The molecule has 0 radical (unpaired) electrons. The normalized spacial score (nSPS) is 14.9. The standard InChI is InChI=1S/C22H20ClN5O3/c23-16-11-9-14(10-12-16)17-13-18(15-5-2-1-3-6-15)28-22(24-17)26-21(27-28)25-19(29)7-4-8-20(30)31/h1-3,5-6,9-13,18H,4,7-8H2,(H,30,31)(H2,24,25,26,27,29)/t18-/m0/s1. The first-order valence-electron chi connectivity index (χ1n) is 9.77. The summed E-state index contributed by atoms with van der Waals surface area (Å²) >= 11 is 6.02. The SMILES string of the molecule is O=C(O)CCCC(=O)Nc1nc2n(n1)[C@H](c1ccccc1)C=C(c1ccc(Cl)cc1)N2. The summed E-state index contributed by atoms with van der Waals surface area (Å²) in [6, 6.07) is 17.1. The average Bonchev–Trinajstić information content (AvgIpc) is 3.16. The Morgan fingerprint density at radius 2 is 1.84 bits per heavy atom. The Morgan fingerprint density at radius 3 is 2.55 bits per heavy atom. The number of benzene rings is 2. The highest BCUT2D eigenvalue weighted by atomic mass is 35.5. The topological polar surface area (TPSA) is 109 Å². The molecule has 0 spiro atoms. The van der Waals surface area contributed by atoms with Crippen LogP contribution in [0, 0.1) is 0 Å². The van der Waals surface area contributed by atoms with E-state index in [1.165, 1.54) is 0 Å². The van der Waals surface area contributed by atoms with Crippen molar-refractivity contribution in [3.63, 3.8) is 0 Å². The van der Waals surface area contributed by atoms with Gasteiger partial charge in [0.2, 0.25) is 11.9 Å². The van der Waals surface area contributed by atoms with Gasteiger partial charge in [-0.25, -0.2) is 4.68 Å². The van der Waals surface area contributed by atoms with E-state index in [2.05, 4.69) is 20.7 Å². The molecule has 4 rings (SSSR count). The van der Waals surface area contributed by atoms with Gasteiger partial charge in [-0.05, 0) is 35.8 Å². The highest BCUT2D eigenvalue weighted by molar-refractivity contribution is 6.30. The Labute approximate surface area is 183 Å². The summed E-state index contributed by atoms with van der Waals surface area (Å²) in [6.07, 6.45) is 2.31. The number of carboxylic acids is 1. The van der Waals surface area contributed by atoms with E-state index in [0.29, 0.717) is 11.0 Å². The Hall–Kier alpha value is -3.65. The molecular formula is C22H20ClN5O3. The zero-order valence-corrected chi connectivity index (χ0v) is 17.2. The van der Waals surface area contributed by atoms with E-state index in [0.717, 1.165) is 16.8 Å². The number of aromatic nitrogens is 3. The van der Waals surface area contributed by atoms with Gasteiger partial charge in [0, 0.05) is 23.6 Å². The summed E-state index contributed by atoms with van der Waals surface area (Å²) in [4.78, 5) is 27.2. The quantitative estimate of drug-likeness (QED) is 0.511. The number of aliphatic carboxylic acids is 1. The molecule has 158 valence electrons. The predicted molar refractivity (Wildman–Crippen MR) is 118 cm³/mol. The molecule has 1 amide bonds. The molecule has 1 atom stereocenters. The van der Waals surface area contributed by atoms with Crippen molar-refractivity contribution in [2.45, 2.75) is 25.3 Å². The molecule has 0 fully saturated rings. The number of nitrogens with zero attached hydrogens (tertiary/aromatic N) is 3. The van der Waals surface area contributed by atoms with Crippen LogP contribution < -0.4 is 10.6 Å². The third kappa shape index (κ3) is 4.92. The van der Waals surface area contributed by atoms with Gasteiger partial charge in [0.1, 0.15) is 6.04 Å². The van der Waals surface area contributed by atoms with E-state index in [1.807, 2.05) is 60.7 Å². The lowest BCUT2D eigenvalue weighted by molar-refractivity contribution is -0.137. The van der Waals surface area contributed by atoms with Gasteiger partial charge in [-0.15, -0.1) is 5.10 Å². The van der Waals surface area contributed by atoms with Crippen LogP contribution in [0.3, 0.4) is 0 Å². The number of hydrogen-bond donors (Lipinski definition) is 3. The molecule has 0 saturated heterocycles. The fraction of sp³-hybridized carbons (Fsp3) is 0.182. The number of allylic oxidation sites excluding steroid dienone is 1. The molecule has 3 N–H and O–H groups in total. The average molecular weight is 438 g/mol. The van der Waals surface area contributed by atoms with Gasteiger partial charge in [-0.1, -0.05) is 54.1 Å². The molecule has 0 unspecified atom stereocenters. The second-order valence-corrected chi connectivity index (χ2v) is 7.50. The Morgan fingerprint density at radius 1 is 1.10 bits per heavy atom. The lowest BCUT2D eigenvalue weighted by Gasteiger charge is -2.24. The van der Waals surface area contributed by atoms with E-state index in [1.54, 1.807) is 4.68 Å². The summed E-state index contributed by atoms with van der Waals surface area (Å²) in [6.45, 7) is 0. The van der Waals surface area contributed by atoms with Crippen molar-refractivity contribution in [3.05, 3.63) is 76.8 Å². The number of fused-ring (bicyclic) bond motifs is 1. The highest BCUT2D eigenvalue weighted by Crippen LogP contribution is 2.33. The summed E-state index contributed by atoms with van der Waals surface area (Å²) in [7, 11) is 0. The number of carbonyl (C=O) groups is 2. The van der Waals surface area contributed by atoms with Crippen molar-refractivity contribution in [2.75, 3.05) is 10.6 Å². The van der Waals surface area contributed by atoms with Crippen molar-refractivity contribution in [3.8, 4) is 0 Å². The van der Waals surface area contributed by atoms with Crippen molar-refractivity contribution in [2.24, 2.45) is 0 Å². The largest absolute Gasteiger partial charge is 0.481 e. The first kappa shape index (κ1) is 20.6. The molecule has 0 saturated carbocycles. The highest BCUT2D eigenvalue weighted by Gasteiger charge is 2.25. The van der Waals surface area contributed by atoms with Crippen molar-refractivity contribution >= 4 is 41.1 Å². The molecule has 0 aliphatic carbocycles. The summed E-state index contributed by atoms with van der Waals surface area (Å²) < 4.78 is 1.71. The van der Waals surface area contributed by atoms with Crippen LogP contribution in [0.4, 0.5) is 11.9 Å². The molecule has 0 bridgehead atoms. The monoisotopic (exact) mass is 437 g/mol. The second-order valence-electron chi connectivity index (χ2n) is 7.07. The zero-order valence-electron chi connectivity index (χ0n) is 16.5. The Kier molecular flexibility index (Phi) is 5.99. The van der Waals surface area contributed by atoms with E-state index in [4.69, 9.17) is 16.7 Å². The number of carboxylic acid groups (broad SMARTS) is 1. The summed E-state index contributed by atoms with van der Waals surface area (Å²) in [5, 5.41) is 19.7. The van der Waals surface area contributed by atoms with Gasteiger partial charge < -0.3 is 10.4 Å². The molecule has 1 aliphatic rings. The molecule has 2 heterocycles. The van der Waals surface area contributed by atoms with Gasteiger partial charge >= 0.3 is 5.97 Å². The van der Waals surface area contributed by atoms with Crippen LogP contribution in [0.2, 0.25) is 5.02 Å². The number of anilines is 2. The molecule has 1 aromatic heterocycles. The first-order chi connectivity index (χ1) is 15.0. The van der Waals surface area contributed by atoms with E-state index < -0.39 is 5.97 Å². The van der Waals surface area contributed by atoms with Crippen molar-refractivity contribution in [1.29, 1.82) is 0 Å². The minimum Gasteiger partial charge on any atom is -0.481 e. The zero-order chi connectivity index (χ0) is 21.8.